The Kier molecular flexibility index (Phi) is 6.50. The molecular formula is C16H32N2. The van der Waals surface area contributed by atoms with Crippen molar-refractivity contribution in [2.45, 2.75) is 70.3 Å². The fourth-order valence-electron chi connectivity index (χ4n) is 3.75. The van der Waals surface area contributed by atoms with Crippen LogP contribution in [0.3, 0.4) is 0 Å². The molecule has 18 heavy (non-hydrogen) atoms. The van der Waals surface area contributed by atoms with E-state index in [-0.39, 0.29) is 0 Å². The van der Waals surface area contributed by atoms with E-state index in [1.54, 1.807) is 0 Å². The van der Waals surface area contributed by atoms with Crippen LogP contribution in [0.15, 0.2) is 0 Å². The number of rotatable bonds is 4. The lowest BCUT2D eigenvalue weighted by Gasteiger charge is -2.38. The Balaban J connectivity index is 1.70. The van der Waals surface area contributed by atoms with Gasteiger partial charge in [-0.3, -0.25) is 0 Å². The first-order valence-corrected chi connectivity index (χ1v) is 8.29. The van der Waals surface area contributed by atoms with Crippen LogP contribution < -0.4 is 5.32 Å². The van der Waals surface area contributed by atoms with Gasteiger partial charge in [0, 0.05) is 6.04 Å². The molecular weight excluding hydrogens is 220 g/mol. The van der Waals surface area contributed by atoms with E-state index in [2.05, 4.69) is 17.3 Å². The molecule has 106 valence electrons. The predicted molar refractivity (Wildman–Crippen MR) is 78.9 cm³/mol. The second kappa shape index (κ2) is 8.16. The third-order valence-corrected chi connectivity index (χ3v) is 5.04. The highest BCUT2D eigenvalue weighted by molar-refractivity contribution is 4.79. The summed E-state index contributed by atoms with van der Waals surface area (Å²) in [7, 11) is 2.07. The largest absolute Gasteiger partial charge is 0.320 e. The fourth-order valence-corrected chi connectivity index (χ4v) is 3.75. The quantitative estimate of drug-likeness (QED) is 0.825. The molecule has 1 saturated carbocycles. The van der Waals surface area contributed by atoms with Crippen LogP contribution in [0.25, 0.3) is 0 Å². The highest BCUT2D eigenvalue weighted by Crippen LogP contribution is 2.27. The summed E-state index contributed by atoms with van der Waals surface area (Å²) < 4.78 is 0. The van der Waals surface area contributed by atoms with E-state index in [1.165, 1.54) is 83.8 Å². The zero-order valence-corrected chi connectivity index (χ0v) is 12.3. The van der Waals surface area contributed by atoms with Gasteiger partial charge < -0.3 is 10.2 Å². The zero-order chi connectivity index (χ0) is 12.6. The smallest absolute Gasteiger partial charge is 0.00952 e. The minimum atomic E-state index is 0.926. The molecule has 1 saturated heterocycles. The van der Waals surface area contributed by atoms with Gasteiger partial charge >= 0.3 is 0 Å². The Hall–Kier alpha value is -0.0800. The molecule has 2 fully saturated rings. The van der Waals surface area contributed by atoms with Gasteiger partial charge in [-0.2, -0.15) is 0 Å². The molecule has 2 nitrogen and oxygen atoms in total. The Morgan fingerprint density at radius 1 is 0.889 bits per heavy atom. The third-order valence-electron chi connectivity index (χ3n) is 5.04. The van der Waals surface area contributed by atoms with Gasteiger partial charge in [0.05, 0.1) is 0 Å². The summed E-state index contributed by atoms with van der Waals surface area (Å²) in [5.41, 5.74) is 0. The number of nitrogens with zero attached hydrogens (tertiary/aromatic N) is 1. The molecule has 2 heteroatoms. The van der Waals surface area contributed by atoms with E-state index >= 15 is 0 Å². The monoisotopic (exact) mass is 252 g/mol. The minimum absolute atomic E-state index is 0.926. The van der Waals surface area contributed by atoms with Crippen LogP contribution in [-0.4, -0.2) is 37.6 Å². The van der Waals surface area contributed by atoms with E-state index in [9.17, 15) is 0 Å². The SMILES string of the molecule is CNCCC1CCN(C2CCCCCCC2)CC1. The van der Waals surface area contributed by atoms with Gasteiger partial charge in [-0.25, -0.2) is 0 Å². The molecule has 0 atom stereocenters. The first-order chi connectivity index (χ1) is 8.90. The lowest BCUT2D eigenvalue weighted by atomic mass is 9.90. The molecule has 0 spiro atoms. The highest BCUT2D eigenvalue weighted by atomic mass is 15.2. The summed E-state index contributed by atoms with van der Waals surface area (Å²) in [5.74, 6) is 0.988. The molecule has 1 heterocycles. The van der Waals surface area contributed by atoms with Crippen molar-refractivity contribution in [3.8, 4) is 0 Å². The normalized spacial score (nSPS) is 25.8. The van der Waals surface area contributed by atoms with Crippen molar-refractivity contribution in [3.05, 3.63) is 0 Å². The van der Waals surface area contributed by atoms with E-state index < -0.39 is 0 Å². The van der Waals surface area contributed by atoms with Crippen molar-refractivity contribution in [2.75, 3.05) is 26.7 Å². The maximum atomic E-state index is 3.29. The van der Waals surface area contributed by atoms with Crippen molar-refractivity contribution in [2.24, 2.45) is 5.92 Å². The van der Waals surface area contributed by atoms with Crippen molar-refractivity contribution in [1.29, 1.82) is 0 Å². The van der Waals surface area contributed by atoms with Crippen LogP contribution in [0.2, 0.25) is 0 Å². The number of likely N-dealkylation sites (tertiary alicyclic amines) is 1. The average molecular weight is 252 g/mol. The van der Waals surface area contributed by atoms with Crippen LogP contribution >= 0.6 is 0 Å². The van der Waals surface area contributed by atoms with Crippen LogP contribution in [0, 0.1) is 5.92 Å². The molecule has 1 N–H and O–H groups in total. The lowest BCUT2D eigenvalue weighted by Crippen LogP contribution is -2.42. The number of nitrogens with one attached hydrogen (secondary N) is 1. The molecule has 0 radical (unpaired) electrons. The summed E-state index contributed by atoms with van der Waals surface area (Å²) in [6, 6.07) is 0.926. The Morgan fingerprint density at radius 3 is 2.11 bits per heavy atom. The molecule has 1 aliphatic carbocycles. The predicted octanol–water partition coefficient (Wildman–Crippen LogP) is 3.42. The molecule has 0 amide bonds. The van der Waals surface area contributed by atoms with E-state index in [1.807, 2.05) is 0 Å². The molecule has 1 aliphatic heterocycles. The number of piperidine rings is 1. The van der Waals surface area contributed by atoms with Gasteiger partial charge in [-0.05, 0) is 64.7 Å². The number of hydrogen-bond acceptors (Lipinski definition) is 2. The van der Waals surface area contributed by atoms with Crippen LogP contribution in [0.4, 0.5) is 0 Å². The maximum Gasteiger partial charge on any atom is 0.00952 e. The Bertz CT molecular complexity index is 201. The molecule has 0 aromatic heterocycles. The number of hydrogen-bond donors (Lipinski definition) is 1. The van der Waals surface area contributed by atoms with E-state index in [4.69, 9.17) is 0 Å². The van der Waals surface area contributed by atoms with Gasteiger partial charge in [-0.1, -0.05) is 32.1 Å². The van der Waals surface area contributed by atoms with E-state index in [0.29, 0.717) is 0 Å². The van der Waals surface area contributed by atoms with Crippen molar-refractivity contribution >= 4 is 0 Å². The Morgan fingerprint density at radius 2 is 1.50 bits per heavy atom. The second-order valence-corrected chi connectivity index (χ2v) is 6.37. The van der Waals surface area contributed by atoms with Crippen molar-refractivity contribution in [3.63, 3.8) is 0 Å². The molecule has 0 aromatic rings. The second-order valence-electron chi connectivity index (χ2n) is 6.37. The van der Waals surface area contributed by atoms with Crippen LogP contribution in [0.5, 0.6) is 0 Å². The van der Waals surface area contributed by atoms with Gasteiger partial charge in [0.25, 0.3) is 0 Å². The van der Waals surface area contributed by atoms with Gasteiger partial charge in [0.15, 0.2) is 0 Å². The lowest BCUT2D eigenvalue weighted by molar-refractivity contribution is 0.111. The average Bonchev–Trinajstić information content (AvgIpc) is 2.37. The minimum Gasteiger partial charge on any atom is -0.320 e. The van der Waals surface area contributed by atoms with Gasteiger partial charge in [0.2, 0.25) is 0 Å². The summed E-state index contributed by atoms with van der Waals surface area (Å²) in [6.07, 6.45) is 14.6. The summed E-state index contributed by atoms with van der Waals surface area (Å²) >= 11 is 0. The first kappa shape index (κ1) is 14.3. The molecule has 0 unspecified atom stereocenters. The summed E-state index contributed by atoms with van der Waals surface area (Å²) in [5, 5.41) is 3.29. The molecule has 2 rings (SSSR count). The van der Waals surface area contributed by atoms with Crippen molar-refractivity contribution in [1.82, 2.24) is 10.2 Å². The zero-order valence-electron chi connectivity index (χ0n) is 12.3. The third kappa shape index (κ3) is 4.55. The van der Waals surface area contributed by atoms with Crippen molar-refractivity contribution < 1.29 is 0 Å². The summed E-state index contributed by atoms with van der Waals surface area (Å²) in [4.78, 5) is 2.82. The Labute approximate surface area is 114 Å². The molecule has 0 bridgehead atoms. The molecule has 0 aromatic carbocycles. The first-order valence-electron chi connectivity index (χ1n) is 8.29. The molecule has 2 aliphatic rings. The van der Waals surface area contributed by atoms with Gasteiger partial charge in [0.1, 0.15) is 0 Å². The van der Waals surface area contributed by atoms with E-state index in [0.717, 1.165) is 12.0 Å². The van der Waals surface area contributed by atoms with Crippen LogP contribution in [0.1, 0.15) is 64.2 Å². The van der Waals surface area contributed by atoms with Gasteiger partial charge in [-0.15, -0.1) is 0 Å². The standard InChI is InChI=1S/C16H32N2/c1-17-12-9-15-10-13-18(14-11-15)16-7-5-3-2-4-6-8-16/h15-17H,2-14H2,1H3. The van der Waals surface area contributed by atoms with Crippen LogP contribution in [-0.2, 0) is 0 Å². The summed E-state index contributed by atoms with van der Waals surface area (Å²) in [6.45, 7) is 3.95. The topological polar surface area (TPSA) is 15.3 Å². The highest BCUT2D eigenvalue weighted by Gasteiger charge is 2.24. The fraction of sp³-hybridized carbons (Fsp3) is 1.00. The maximum absolute atomic E-state index is 3.29.